The summed E-state index contributed by atoms with van der Waals surface area (Å²) in [5.41, 5.74) is 2.03. The molecule has 0 bridgehead atoms. The van der Waals surface area contributed by atoms with E-state index in [-0.39, 0.29) is 6.10 Å². The van der Waals surface area contributed by atoms with Crippen molar-refractivity contribution in [1.29, 1.82) is 0 Å². The molecule has 2 heteroatoms. The molecular formula is C17H21NO. The van der Waals surface area contributed by atoms with Gasteiger partial charge in [-0.15, -0.1) is 0 Å². The van der Waals surface area contributed by atoms with Crippen LogP contribution in [0, 0.1) is 11.8 Å². The molecule has 1 N–H and O–H groups in total. The summed E-state index contributed by atoms with van der Waals surface area (Å²) < 4.78 is 0. The van der Waals surface area contributed by atoms with E-state index in [1.54, 1.807) is 0 Å². The molecule has 3 atom stereocenters. The number of hydrogen-bond donors (Lipinski definition) is 1. The molecule has 1 aliphatic rings. The Kier molecular flexibility index (Phi) is 3.52. The van der Waals surface area contributed by atoms with Gasteiger partial charge in [0, 0.05) is 17.5 Å². The lowest BCUT2D eigenvalue weighted by atomic mass is 9.95. The summed E-state index contributed by atoms with van der Waals surface area (Å²) in [7, 11) is 0. The van der Waals surface area contributed by atoms with Gasteiger partial charge in [-0.05, 0) is 36.8 Å². The van der Waals surface area contributed by atoms with E-state index in [9.17, 15) is 5.11 Å². The summed E-state index contributed by atoms with van der Waals surface area (Å²) in [5.74, 6) is 1.23. The maximum absolute atomic E-state index is 10.4. The molecule has 0 amide bonds. The fraction of sp³-hybridized carbons (Fsp3) is 0.471. The van der Waals surface area contributed by atoms with Crippen LogP contribution >= 0.6 is 0 Å². The summed E-state index contributed by atoms with van der Waals surface area (Å²) in [4.78, 5) is 4.65. The van der Waals surface area contributed by atoms with Gasteiger partial charge in [-0.1, -0.05) is 37.6 Å². The van der Waals surface area contributed by atoms with Crippen molar-refractivity contribution in [2.24, 2.45) is 11.8 Å². The molecule has 1 aromatic heterocycles. The van der Waals surface area contributed by atoms with Gasteiger partial charge in [-0.2, -0.15) is 0 Å². The molecule has 2 aromatic rings. The van der Waals surface area contributed by atoms with E-state index >= 15 is 0 Å². The summed E-state index contributed by atoms with van der Waals surface area (Å²) in [6.07, 6.45) is 4.03. The molecule has 2 nitrogen and oxygen atoms in total. The van der Waals surface area contributed by atoms with Crippen LogP contribution in [0.5, 0.6) is 0 Å². The number of rotatable bonds is 3. The highest BCUT2D eigenvalue weighted by Gasteiger charge is 2.27. The predicted octanol–water partition coefficient (Wildman–Crippen LogP) is 3.57. The quantitative estimate of drug-likeness (QED) is 0.909. The largest absolute Gasteiger partial charge is 0.392 e. The zero-order chi connectivity index (χ0) is 13.2. The summed E-state index contributed by atoms with van der Waals surface area (Å²) in [5, 5.41) is 11.5. The first-order chi connectivity index (χ1) is 9.22. The average molecular weight is 255 g/mol. The molecule has 3 unspecified atom stereocenters. The second-order valence-corrected chi connectivity index (χ2v) is 5.95. The van der Waals surface area contributed by atoms with E-state index < -0.39 is 0 Å². The van der Waals surface area contributed by atoms with E-state index in [0.29, 0.717) is 12.3 Å². The molecule has 1 saturated carbocycles. The first-order valence-corrected chi connectivity index (χ1v) is 7.25. The molecule has 0 aliphatic heterocycles. The number of aliphatic hydroxyl groups excluding tert-OH is 1. The van der Waals surface area contributed by atoms with Gasteiger partial charge in [-0.3, -0.25) is 4.98 Å². The first-order valence-electron chi connectivity index (χ1n) is 7.25. The number of nitrogens with zero attached hydrogens (tertiary/aromatic N) is 1. The van der Waals surface area contributed by atoms with Gasteiger partial charge in [0.25, 0.3) is 0 Å². The Labute approximate surface area is 114 Å². The van der Waals surface area contributed by atoms with Crippen LogP contribution in [0.25, 0.3) is 10.9 Å². The highest BCUT2D eigenvalue weighted by molar-refractivity contribution is 5.78. The van der Waals surface area contributed by atoms with Crippen molar-refractivity contribution >= 4 is 10.9 Å². The molecule has 3 rings (SSSR count). The van der Waals surface area contributed by atoms with E-state index in [4.69, 9.17) is 0 Å². The SMILES string of the molecule is CC1CCC(C(O)Cc2ccc3ccccc3n2)C1. The van der Waals surface area contributed by atoms with Crippen molar-refractivity contribution in [2.75, 3.05) is 0 Å². The monoisotopic (exact) mass is 255 g/mol. The molecule has 100 valence electrons. The Morgan fingerprint density at radius 2 is 2.05 bits per heavy atom. The lowest BCUT2D eigenvalue weighted by Crippen LogP contribution is -2.21. The minimum absolute atomic E-state index is 0.237. The first kappa shape index (κ1) is 12.6. The second-order valence-electron chi connectivity index (χ2n) is 5.95. The number of benzene rings is 1. The van der Waals surface area contributed by atoms with Gasteiger partial charge in [0.05, 0.1) is 11.6 Å². The third kappa shape index (κ3) is 2.79. The van der Waals surface area contributed by atoms with Crippen LogP contribution in [0.15, 0.2) is 36.4 Å². The molecule has 19 heavy (non-hydrogen) atoms. The minimum Gasteiger partial charge on any atom is -0.392 e. The molecule has 1 fully saturated rings. The Balaban J connectivity index is 1.74. The maximum atomic E-state index is 10.4. The molecule has 1 heterocycles. The summed E-state index contributed by atoms with van der Waals surface area (Å²) >= 11 is 0. The van der Waals surface area contributed by atoms with Gasteiger partial charge in [0.1, 0.15) is 0 Å². The molecular weight excluding hydrogens is 234 g/mol. The van der Waals surface area contributed by atoms with Crippen molar-refractivity contribution in [3.63, 3.8) is 0 Å². The topological polar surface area (TPSA) is 33.1 Å². The molecule has 0 saturated heterocycles. The molecule has 0 radical (unpaired) electrons. The minimum atomic E-state index is -0.237. The van der Waals surface area contributed by atoms with Crippen molar-refractivity contribution in [3.8, 4) is 0 Å². The zero-order valence-corrected chi connectivity index (χ0v) is 11.4. The van der Waals surface area contributed by atoms with Gasteiger partial charge >= 0.3 is 0 Å². The van der Waals surface area contributed by atoms with Crippen molar-refractivity contribution in [1.82, 2.24) is 4.98 Å². The van der Waals surface area contributed by atoms with Crippen LogP contribution in [0.3, 0.4) is 0 Å². The smallest absolute Gasteiger partial charge is 0.0705 e. The Morgan fingerprint density at radius 1 is 1.21 bits per heavy atom. The van der Waals surface area contributed by atoms with E-state index in [0.717, 1.165) is 35.4 Å². The van der Waals surface area contributed by atoms with Gasteiger partial charge in [-0.25, -0.2) is 0 Å². The van der Waals surface area contributed by atoms with Gasteiger partial charge in [0.15, 0.2) is 0 Å². The Bertz CT molecular complexity index is 566. The molecule has 0 spiro atoms. The zero-order valence-electron chi connectivity index (χ0n) is 11.4. The maximum Gasteiger partial charge on any atom is 0.0705 e. The van der Waals surface area contributed by atoms with Crippen molar-refractivity contribution < 1.29 is 5.11 Å². The van der Waals surface area contributed by atoms with Crippen molar-refractivity contribution in [2.45, 2.75) is 38.7 Å². The Morgan fingerprint density at radius 3 is 2.84 bits per heavy atom. The molecule has 1 aromatic carbocycles. The van der Waals surface area contributed by atoms with Crippen molar-refractivity contribution in [3.05, 3.63) is 42.1 Å². The number of aliphatic hydroxyl groups is 1. The fourth-order valence-electron chi connectivity index (χ4n) is 3.20. The fourth-order valence-corrected chi connectivity index (χ4v) is 3.20. The van der Waals surface area contributed by atoms with Gasteiger partial charge in [0.2, 0.25) is 0 Å². The van der Waals surface area contributed by atoms with Crippen LogP contribution in [-0.2, 0) is 6.42 Å². The third-order valence-corrected chi connectivity index (χ3v) is 4.35. The predicted molar refractivity (Wildman–Crippen MR) is 78.0 cm³/mol. The van der Waals surface area contributed by atoms with Crippen LogP contribution < -0.4 is 0 Å². The van der Waals surface area contributed by atoms with Crippen LogP contribution in [0.1, 0.15) is 31.9 Å². The highest BCUT2D eigenvalue weighted by atomic mass is 16.3. The summed E-state index contributed by atoms with van der Waals surface area (Å²) in [6, 6.07) is 12.3. The van der Waals surface area contributed by atoms with Crippen LogP contribution in [0.4, 0.5) is 0 Å². The summed E-state index contributed by atoms with van der Waals surface area (Å²) in [6.45, 7) is 2.28. The second kappa shape index (κ2) is 5.30. The van der Waals surface area contributed by atoms with E-state index in [1.165, 1.54) is 6.42 Å². The average Bonchev–Trinajstić information content (AvgIpc) is 2.85. The Hall–Kier alpha value is -1.41. The number of fused-ring (bicyclic) bond motifs is 1. The number of aromatic nitrogens is 1. The normalized spacial score (nSPS) is 24.7. The lowest BCUT2D eigenvalue weighted by Gasteiger charge is -2.17. The van der Waals surface area contributed by atoms with E-state index in [2.05, 4.69) is 24.0 Å². The number of pyridine rings is 1. The standard InChI is InChI=1S/C17H21NO/c1-12-6-7-14(10-12)17(19)11-15-9-8-13-4-2-3-5-16(13)18-15/h2-5,8-9,12,14,17,19H,6-7,10-11H2,1H3. The third-order valence-electron chi connectivity index (χ3n) is 4.35. The van der Waals surface area contributed by atoms with Crippen LogP contribution in [-0.4, -0.2) is 16.2 Å². The van der Waals surface area contributed by atoms with Crippen LogP contribution in [0.2, 0.25) is 0 Å². The lowest BCUT2D eigenvalue weighted by molar-refractivity contribution is 0.108. The highest BCUT2D eigenvalue weighted by Crippen LogP contribution is 2.33. The molecule has 1 aliphatic carbocycles. The van der Waals surface area contributed by atoms with E-state index in [1.807, 2.05) is 24.3 Å². The number of hydrogen-bond acceptors (Lipinski definition) is 2. The van der Waals surface area contributed by atoms with Gasteiger partial charge < -0.3 is 5.11 Å². The number of para-hydroxylation sites is 1.